The molecule has 0 aliphatic heterocycles. The normalized spacial score (nSPS) is 9.43. The summed E-state index contributed by atoms with van der Waals surface area (Å²) >= 11 is 0. The number of hydrogen-bond acceptors (Lipinski definition) is 3. The topological polar surface area (TPSA) is 129 Å². The Bertz CT molecular complexity index is 257. The number of nitrogens with two attached hydrogens (primary N) is 1. The Hall–Kier alpha value is -0.920. The molecule has 0 saturated heterocycles. The summed E-state index contributed by atoms with van der Waals surface area (Å²) in [5, 5.41) is 0. The van der Waals surface area contributed by atoms with Gasteiger partial charge in [0, 0.05) is 0 Å². The summed E-state index contributed by atoms with van der Waals surface area (Å²) in [7, 11) is -3.72. The van der Waals surface area contributed by atoms with Crippen molar-refractivity contribution in [1.82, 2.24) is 0 Å². The second-order valence-electron chi connectivity index (χ2n) is 2.75. The fourth-order valence-electron chi connectivity index (χ4n) is 0.421. The highest BCUT2D eigenvalue weighted by atomic mass is 32.2. The van der Waals surface area contributed by atoms with Crippen molar-refractivity contribution < 1.29 is 23.2 Å². The minimum Gasteiger partial charge on any atom is -0.412 e. The van der Waals surface area contributed by atoms with E-state index >= 15 is 0 Å². The molecule has 0 bridgehead atoms. The average Bonchev–Trinajstić information content (AvgIpc) is 1.83. The molecule has 0 unspecified atom stereocenters. The zero-order valence-corrected chi connectivity index (χ0v) is 9.04. The van der Waals surface area contributed by atoms with Crippen LogP contribution in [0.5, 0.6) is 0 Å². The quantitative estimate of drug-likeness (QED) is 0.490. The van der Waals surface area contributed by atoms with Gasteiger partial charge in [-0.2, -0.15) is 8.42 Å². The summed E-state index contributed by atoms with van der Waals surface area (Å²) in [5.74, 6) is -0.623. The van der Waals surface area contributed by atoms with Gasteiger partial charge in [-0.15, -0.1) is 0 Å². The lowest BCUT2D eigenvalue weighted by molar-refractivity contribution is -0.113. The molecule has 0 rings (SSSR count). The van der Waals surface area contributed by atoms with E-state index in [4.69, 9.17) is 4.55 Å². The van der Waals surface area contributed by atoms with Crippen LogP contribution in [0.25, 0.3) is 0 Å². The number of hydrogen-bond donors (Lipinski definition) is 2. The fraction of sp³-hybridized carbons (Fsp3) is 0.571. The van der Waals surface area contributed by atoms with E-state index in [1.165, 1.54) is 0 Å². The van der Waals surface area contributed by atoms with Gasteiger partial charge >= 0.3 is 0 Å². The van der Waals surface area contributed by atoms with Gasteiger partial charge in [-0.05, 0) is 12.0 Å². The summed E-state index contributed by atoms with van der Waals surface area (Å²) < 4.78 is 28.2. The Kier molecular flexibility index (Phi) is 11.6. The zero-order valence-electron chi connectivity index (χ0n) is 8.23. The lowest BCUT2D eigenvalue weighted by Gasteiger charge is -1.97. The standard InChI is InChI=1S/C4H10O3S.C3H5NO.H2O/c1-4(2)3-8(5,6)7;1-2-3(4)5;/h4H,3H2,1-2H3,(H,5,6,7);2H,1H2,(H2,4,5);1H2. The molecule has 86 valence electrons. The van der Waals surface area contributed by atoms with Crippen molar-refractivity contribution in [1.29, 1.82) is 0 Å². The minimum atomic E-state index is -3.72. The van der Waals surface area contributed by atoms with Crippen LogP contribution in [0.2, 0.25) is 0 Å². The molecular weight excluding hydrogens is 210 g/mol. The molecule has 0 fully saturated rings. The first-order chi connectivity index (χ1) is 5.69. The average molecular weight is 227 g/mol. The Morgan fingerprint density at radius 3 is 1.86 bits per heavy atom. The second kappa shape index (κ2) is 8.67. The van der Waals surface area contributed by atoms with Crippen LogP contribution in [0.1, 0.15) is 13.8 Å². The molecule has 0 aromatic carbocycles. The summed E-state index contributed by atoms with van der Waals surface area (Å²) in [6.45, 7) is 6.55. The number of carbonyl (C=O) groups is 1. The van der Waals surface area contributed by atoms with Crippen LogP contribution in [0.4, 0.5) is 0 Å². The predicted octanol–water partition coefficient (Wildman–Crippen LogP) is -0.637. The van der Waals surface area contributed by atoms with Crippen LogP contribution < -0.4 is 5.73 Å². The van der Waals surface area contributed by atoms with Crippen molar-refractivity contribution in [3.8, 4) is 0 Å². The summed E-state index contributed by atoms with van der Waals surface area (Å²) in [6.07, 6.45) is 1.06. The van der Waals surface area contributed by atoms with E-state index in [2.05, 4.69) is 12.3 Å². The molecule has 0 aromatic rings. The smallest absolute Gasteiger partial charge is 0.265 e. The van der Waals surface area contributed by atoms with Crippen molar-refractivity contribution in [3.63, 3.8) is 0 Å². The van der Waals surface area contributed by atoms with Crippen molar-refractivity contribution in [2.75, 3.05) is 5.75 Å². The molecule has 0 saturated carbocycles. The molecule has 0 aromatic heterocycles. The Morgan fingerprint density at radius 2 is 1.86 bits per heavy atom. The van der Waals surface area contributed by atoms with Crippen LogP contribution in [-0.2, 0) is 14.9 Å². The largest absolute Gasteiger partial charge is 0.412 e. The van der Waals surface area contributed by atoms with Gasteiger partial charge in [0.1, 0.15) is 0 Å². The molecule has 0 spiro atoms. The second-order valence-corrected chi connectivity index (χ2v) is 4.25. The SMILES string of the molecule is C=CC(N)=O.CC(C)CS(=O)(=O)O.O. The summed E-state index contributed by atoms with van der Waals surface area (Å²) in [4.78, 5) is 9.47. The fourth-order valence-corrected chi connectivity index (χ4v) is 1.26. The summed E-state index contributed by atoms with van der Waals surface area (Å²) in [6, 6.07) is 0. The number of carbonyl (C=O) groups excluding carboxylic acids is 1. The molecule has 0 heterocycles. The van der Waals surface area contributed by atoms with Gasteiger partial charge in [0.25, 0.3) is 10.1 Å². The Morgan fingerprint density at radius 1 is 1.57 bits per heavy atom. The van der Waals surface area contributed by atoms with Crippen LogP contribution >= 0.6 is 0 Å². The molecule has 0 radical (unpaired) electrons. The molecule has 0 aliphatic rings. The molecule has 0 aliphatic carbocycles. The molecule has 14 heavy (non-hydrogen) atoms. The van der Waals surface area contributed by atoms with E-state index in [1.807, 2.05) is 0 Å². The van der Waals surface area contributed by atoms with Crippen LogP contribution in [-0.4, -0.2) is 30.1 Å². The number of amides is 1. The molecule has 7 heteroatoms. The van der Waals surface area contributed by atoms with Crippen LogP contribution in [0, 0.1) is 5.92 Å². The van der Waals surface area contributed by atoms with Crippen molar-refractivity contribution in [2.24, 2.45) is 11.7 Å². The lowest BCUT2D eigenvalue weighted by Crippen LogP contribution is -2.09. The van der Waals surface area contributed by atoms with Gasteiger partial charge in [0.05, 0.1) is 5.75 Å². The van der Waals surface area contributed by atoms with Gasteiger partial charge in [-0.3, -0.25) is 9.35 Å². The number of primary amides is 1. The number of rotatable bonds is 3. The molecule has 5 N–H and O–H groups in total. The van der Waals surface area contributed by atoms with Crippen molar-refractivity contribution >= 4 is 16.0 Å². The Labute approximate surface area is 83.9 Å². The first-order valence-corrected chi connectivity index (χ1v) is 5.17. The third-order valence-electron chi connectivity index (χ3n) is 0.745. The highest BCUT2D eigenvalue weighted by molar-refractivity contribution is 7.85. The van der Waals surface area contributed by atoms with Gasteiger partial charge in [-0.1, -0.05) is 20.4 Å². The molecular formula is C7H17NO5S. The highest BCUT2D eigenvalue weighted by Crippen LogP contribution is 1.95. The first-order valence-electron chi connectivity index (χ1n) is 3.56. The third-order valence-corrected chi connectivity index (χ3v) is 1.83. The van der Waals surface area contributed by atoms with Crippen LogP contribution in [0.15, 0.2) is 12.7 Å². The van der Waals surface area contributed by atoms with Gasteiger partial charge in [0.15, 0.2) is 0 Å². The molecule has 1 amide bonds. The van der Waals surface area contributed by atoms with E-state index in [0.29, 0.717) is 0 Å². The lowest BCUT2D eigenvalue weighted by atomic mass is 10.3. The maximum absolute atomic E-state index is 10.00. The predicted molar refractivity (Wildman–Crippen MR) is 54.3 cm³/mol. The summed E-state index contributed by atoms with van der Waals surface area (Å²) in [5.41, 5.74) is 4.53. The minimum absolute atomic E-state index is 0. The maximum Gasteiger partial charge on any atom is 0.265 e. The van der Waals surface area contributed by atoms with Gasteiger partial charge in [0.2, 0.25) is 5.91 Å². The zero-order chi connectivity index (χ0) is 11.1. The van der Waals surface area contributed by atoms with Gasteiger partial charge in [-0.25, -0.2) is 0 Å². The molecule has 0 atom stereocenters. The maximum atomic E-state index is 10.00. The highest BCUT2D eigenvalue weighted by Gasteiger charge is 2.05. The van der Waals surface area contributed by atoms with Crippen LogP contribution in [0.3, 0.4) is 0 Å². The van der Waals surface area contributed by atoms with E-state index in [0.717, 1.165) is 6.08 Å². The van der Waals surface area contributed by atoms with Crippen molar-refractivity contribution in [3.05, 3.63) is 12.7 Å². The van der Waals surface area contributed by atoms with E-state index in [-0.39, 0.29) is 17.1 Å². The van der Waals surface area contributed by atoms with Crippen molar-refractivity contribution in [2.45, 2.75) is 13.8 Å². The molecule has 6 nitrogen and oxygen atoms in total. The van der Waals surface area contributed by atoms with E-state index in [1.54, 1.807) is 13.8 Å². The van der Waals surface area contributed by atoms with E-state index < -0.39 is 16.0 Å². The third kappa shape index (κ3) is 30.5. The Balaban J connectivity index is -0.000000177. The van der Waals surface area contributed by atoms with E-state index in [9.17, 15) is 13.2 Å². The van der Waals surface area contributed by atoms with Gasteiger partial charge < -0.3 is 11.2 Å². The monoisotopic (exact) mass is 227 g/mol. The first kappa shape index (κ1) is 18.8.